The third-order valence-electron chi connectivity index (χ3n) is 6.34. The number of carboxylic acids is 2. The van der Waals surface area contributed by atoms with E-state index in [1.165, 1.54) is 12.1 Å². The third kappa shape index (κ3) is 7.02. The van der Waals surface area contributed by atoms with Gasteiger partial charge in [-0.05, 0) is 80.1 Å². The molecule has 0 saturated heterocycles. The van der Waals surface area contributed by atoms with Crippen molar-refractivity contribution in [1.29, 1.82) is 0 Å². The summed E-state index contributed by atoms with van der Waals surface area (Å²) in [5, 5.41) is 18.3. The van der Waals surface area contributed by atoms with Crippen LogP contribution in [0.25, 0.3) is 10.9 Å². The molecule has 3 aromatic rings. The molecule has 0 spiro atoms. The molecule has 1 heterocycles. The maximum atomic E-state index is 11.7. The molecule has 6 N–H and O–H groups in total. The van der Waals surface area contributed by atoms with E-state index in [-0.39, 0.29) is 28.8 Å². The van der Waals surface area contributed by atoms with Gasteiger partial charge in [-0.2, -0.15) is 0 Å². The molecule has 5 rings (SSSR count). The Kier molecular flexibility index (Phi) is 9.53. The molecule has 1 atom stereocenters. The predicted molar refractivity (Wildman–Crippen MR) is 138 cm³/mol. The smallest absolute Gasteiger partial charge is 0.335 e. The number of nitrogens with one attached hydrogen (secondary N) is 2. The third-order valence-corrected chi connectivity index (χ3v) is 6.34. The monoisotopic (exact) mass is 509 g/mol. The second-order valence-corrected chi connectivity index (χ2v) is 8.78. The number of hydrogen-bond acceptors (Lipinski definition) is 7. The number of H-pyrrole nitrogens is 1. The fourth-order valence-electron chi connectivity index (χ4n) is 4.34. The molecule has 1 fully saturated rings. The summed E-state index contributed by atoms with van der Waals surface area (Å²) < 4.78 is 4.95. The minimum Gasteiger partial charge on any atom is -0.478 e. The van der Waals surface area contributed by atoms with E-state index < -0.39 is 11.9 Å². The quantitative estimate of drug-likeness (QED) is 0.255. The van der Waals surface area contributed by atoms with Crippen LogP contribution in [0.15, 0.2) is 42.5 Å². The van der Waals surface area contributed by atoms with E-state index in [0.717, 1.165) is 55.0 Å². The van der Waals surface area contributed by atoms with Crippen LogP contribution >= 0.6 is 0 Å². The Morgan fingerprint density at radius 2 is 1.62 bits per heavy atom. The molecule has 1 unspecified atom stereocenters. The number of aryl methyl sites for hydroxylation is 1. The van der Waals surface area contributed by atoms with Crippen molar-refractivity contribution in [3.63, 3.8) is 0 Å². The number of aromatic nitrogens is 1. The van der Waals surface area contributed by atoms with E-state index in [1.807, 2.05) is 0 Å². The summed E-state index contributed by atoms with van der Waals surface area (Å²) in [4.78, 5) is 47.0. The van der Waals surface area contributed by atoms with Crippen LogP contribution in [0.3, 0.4) is 0 Å². The normalized spacial score (nSPS) is 16.5. The van der Waals surface area contributed by atoms with Gasteiger partial charge in [-0.3, -0.25) is 15.4 Å². The van der Waals surface area contributed by atoms with Crippen molar-refractivity contribution in [3.8, 4) is 0 Å². The number of aromatic carboxylic acids is 2. The van der Waals surface area contributed by atoms with Crippen molar-refractivity contribution in [2.45, 2.75) is 51.0 Å². The highest BCUT2D eigenvalue weighted by Gasteiger charge is 2.22. The molecule has 0 aliphatic heterocycles. The van der Waals surface area contributed by atoms with Gasteiger partial charge in [-0.1, -0.05) is 0 Å². The predicted octanol–water partition coefficient (Wildman–Crippen LogP) is 4.20. The SMILES string of the molecule is COC1CCCCC1=O.NNc1ccc(C(=O)O)cc1.O=C(O)c1ccc2[nH]c3c(c2c1)CCCC3=O. The van der Waals surface area contributed by atoms with Crippen LogP contribution in [-0.2, 0) is 16.0 Å². The lowest BCUT2D eigenvalue weighted by atomic mass is 9.94. The van der Waals surface area contributed by atoms with Crippen molar-refractivity contribution in [1.82, 2.24) is 4.98 Å². The van der Waals surface area contributed by atoms with Gasteiger partial charge in [0, 0.05) is 36.5 Å². The number of ketones is 2. The summed E-state index contributed by atoms with van der Waals surface area (Å²) in [6.07, 6.45) is 6.02. The standard InChI is InChI=1S/C13H11NO3.C7H8N2O2.C7H12O2/c15-11-3-1-2-8-9-6-7(13(16)17)4-5-10(9)14-12(8)11;8-9-6-3-1-5(2-4-6)7(10)11;1-9-7-5-3-2-4-6(7)8/h4-6,14H,1-3H2,(H,16,17);1-4,9H,8H2,(H,10,11);7H,2-5H2,1H3. The van der Waals surface area contributed by atoms with E-state index in [9.17, 15) is 19.2 Å². The number of nitrogen functional groups attached to an aromatic ring is 1. The van der Waals surface area contributed by atoms with Gasteiger partial charge in [-0.15, -0.1) is 0 Å². The first kappa shape index (κ1) is 27.6. The Bertz CT molecular complexity index is 1280. The van der Waals surface area contributed by atoms with Crippen molar-refractivity contribution >= 4 is 40.1 Å². The summed E-state index contributed by atoms with van der Waals surface area (Å²) in [5.74, 6) is 3.61. The van der Waals surface area contributed by atoms with E-state index in [1.54, 1.807) is 37.4 Å². The van der Waals surface area contributed by atoms with Crippen LogP contribution in [0.1, 0.15) is 75.3 Å². The van der Waals surface area contributed by atoms with Gasteiger partial charge in [0.25, 0.3) is 0 Å². The average molecular weight is 510 g/mol. The molecule has 10 heteroatoms. The van der Waals surface area contributed by atoms with Gasteiger partial charge in [0.2, 0.25) is 0 Å². The van der Waals surface area contributed by atoms with E-state index in [4.69, 9.17) is 20.8 Å². The molecule has 2 aliphatic carbocycles. The van der Waals surface area contributed by atoms with Gasteiger partial charge < -0.3 is 25.4 Å². The number of aromatic amines is 1. The number of carbonyl (C=O) groups excluding carboxylic acids is 2. The average Bonchev–Trinajstić information content (AvgIpc) is 3.29. The highest BCUT2D eigenvalue weighted by Crippen LogP contribution is 2.29. The maximum Gasteiger partial charge on any atom is 0.335 e. The molecule has 2 aromatic carbocycles. The number of nitrogens with two attached hydrogens (primary N) is 1. The van der Waals surface area contributed by atoms with Crippen LogP contribution in [0, 0.1) is 0 Å². The molecular weight excluding hydrogens is 478 g/mol. The largest absolute Gasteiger partial charge is 0.478 e. The van der Waals surface area contributed by atoms with Gasteiger partial charge in [-0.25, -0.2) is 9.59 Å². The summed E-state index contributed by atoms with van der Waals surface area (Å²) in [6.45, 7) is 0. The molecule has 1 saturated carbocycles. The Labute approximate surface area is 213 Å². The lowest BCUT2D eigenvalue weighted by molar-refractivity contribution is -0.131. The van der Waals surface area contributed by atoms with Crippen molar-refractivity contribution in [2.24, 2.45) is 5.84 Å². The van der Waals surface area contributed by atoms with Crippen LogP contribution in [0.4, 0.5) is 5.69 Å². The zero-order chi connectivity index (χ0) is 26.9. The number of methoxy groups -OCH3 is 1. The molecule has 196 valence electrons. The highest BCUT2D eigenvalue weighted by atomic mass is 16.5. The number of hydrazine groups is 1. The number of ether oxygens (including phenoxy) is 1. The van der Waals surface area contributed by atoms with E-state index in [2.05, 4.69) is 10.4 Å². The Morgan fingerprint density at radius 1 is 0.946 bits per heavy atom. The molecule has 0 radical (unpaired) electrons. The summed E-state index contributed by atoms with van der Waals surface area (Å²) in [6, 6.07) is 11.1. The Hall–Kier alpha value is -4.02. The van der Waals surface area contributed by atoms with Crippen molar-refractivity contribution in [2.75, 3.05) is 12.5 Å². The number of benzene rings is 2. The number of rotatable bonds is 4. The van der Waals surface area contributed by atoms with Crippen molar-refractivity contribution < 1.29 is 34.1 Å². The number of Topliss-reactive ketones (excluding diaryl/α,β-unsaturated/α-hetero) is 2. The fraction of sp³-hybridized carbons (Fsp3) is 0.333. The number of anilines is 1. The van der Waals surface area contributed by atoms with Crippen molar-refractivity contribution in [3.05, 3.63) is 64.8 Å². The topological polar surface area (TPSA) is 172 Å². The lowest BCUT2D eigenvalue weighted by Crippen LogP contribution is -2.26. The Morgan fingerprint density at radius 3 is 2.19 bits per heavy atom. The second-order valence-electron chi connectivity index (χ2n) is 8.78. The Balaban J connectivity index is 0.000000165. The first-order chi connectivity index (χ1) is 17.7. The molecule has 0 amide bonds. The number of carboxylic acid groups (broad SMARTS) is 2. The van der Waals surface area contributed by atoms with E-state index >= 15 is 0 Å². The van der Waals surface area contributed by atoms with Crippen LogP contribution < -0.4 is 11.3 Å². The fourth-order valence-corrected chi connectivity index (χ4v) is 4.34. The summed E-state index contributed by atoms with van der Waals surface area (Å²) >= 11 is 0. The molecule has 10 nitrogen and oxygen atoms in total. The number of fused-ring (bicyclic) bond motifs is 3. The molecule has 2 aliphatic rings. The molecular formula is C27H31N3O7. The minimum absolute atomic E-state index is 0.0845. The van der Waals surface area contributed by atoms with Gasteiger partial charge in [0.05, 0.1) is 16.8 Å². The lowest BCUT2D eigenvalue weighted by Gasteiger charge is -2.17. The first-order valence-corrected chi connectivity index (χ1v) is 12.0. The summed E-state index contributed by atoms with van der Waals surface area (Å²) in [5.41, 5.74) is 6.08. The zero-order valence-electron chi connectivity index (χ0n) is 20.6. The van der Waals surface area contributed by atoms with E-state index in [0.29, 0.717) is 17.8 Å². The zero-order valence-corrected chi connectivity index (χ0v) is 20.6. The highest BCUT2D eigenvalue weighted by molar-refractivity contribution is 6.04. The molecule has 0 bridgehead atoms. The van der Waals surface area contributed by atoms with Crippen LogP contribution in [0.5, 0.6) is 0 Å². The number of carbonyl (C=O) groups is 4. The van der Waals surface area contributed by atoms with Crippen LogP contribution in [-0.4, -0.2) is 51.9 Å². The van der Waals surface area contributed by atoms with Gasteiger partial charge in [0.15, 0.2) is 11.6 Å². The maximum absolute atomic E-state index is 11.7. The second kappa shape index (κ2) is 12.8. The van der Waals surface area contributed by atoms with Gasteiger partial charge in [0.1, 0.15) is 6.10 Å². The van der Waals surface area contributed by atoms with Crippen LogP contribution in [0.2, 0.25) is 0 Å². The van der Waals surface area contributed by atoms with Gasteiger partial charge >= 0.3 is 11.9 Å². The first-order valence-electron chi connectivity index (χ1n) is 12.0. The minimum atomic E-state index is -0.941. The molecule has 1 aromatic heterocycles. The summed E-state index contributed by atoms with van der Waals surface area (Å²) in [7, 11) is 1.61. The molecule has 37 heavy (non-hydrogen) atoms. The number of hydrogen-bond donors (Lipinski definition) is 5.